The van der Waals surface area contributed by atoms with Crippen molar-refractivity contribution >= 4 is 38.4 Å². The van der Waals surface area contributed by atoms with Gasteiger partial charge in [-0.1, -0.05) is 31.0 Å². The Kier molecular flexibility index (Phi) is 4.80. The van der Waals surface area contributed by atoms with Crippen LogP contribution in [0, 0.1) is 0 Å². The molecular formula is C14H15ClN2O3S. The van der Waals surface area contributed by atoms with Crippen molar-refractivity contribution < 1.29 is 13.2 Å². The first-order chi connectivity index (χ1) is 9.93. The number of carbonyl (C=O) groups is 1. The normalized spacial score (nSPS) is 11.5. The Hall–Kier alpha value is -1.66. The van der Waals surface area contributed by atoms with Crippen molar-refractivity contribution in [3.05, 3.63) is 41.0 Å². The Balaban J connectivity index is 2.24. The summed E-state index contributed by atoms with van der Waals surface area (Å²) in [5.74, 6) is -0.720. The van der Waals surface area contributed by atoms with Crippen LogP contribution in [-0.4, -0.2) is 25.1 Å². The average molecular weight is 327 g/mol. The predicted octanol–water partition coefficient (Wildman–Crippen LogP) is 2.75. The van der Waals surface area contributed by atoms with E-state index in [1.165, 1.54) is 18.3 Å². The number of amides is 1. The third kappa shape index (κ3) is 3.92. The molecule has 0 saturated heterocycles. The molecule has 2 aromatic rings. The quantitative estimate of drug-likeness (QED) is 0.916. The van der Waals surface area contributed by atoms with Crippen LogP contribution in [0.25, 0.3) is 10.9 Å². The van der Waals surface area contributed by atoms with Crippen LogP contribution in [0.4, 0.5) is 0 Å². The summed E-state index contributed by atoms with van der Waals surface area (Å²) in [5, 5.41) is 1.24. The van der Waals surface area contributed by atoms with Gasteiger partial charge in [-0.2, -0.15) is 0 Å². The molecule has 1 heterocycles. The number of unbranched alkanes of at least 4 members (excludes halogenated alkanes) is 1. The van der Waals surface area contributed by atoms with E-state index in [0.29, 0.717) is 22.3 Å². The number of carbonyl (C=O) groups excluding carboxylic acids is 1. The van der Waals surface area contributed by atoms with Crippen molar-refractivity contribution in [2.75, 3.05) is 5.75 Å². The molecule has 1 N–H and O–H groups in total. The summed E-state index contributed by atoms with van der Waals surface area (Å²) in [4.78, 5) is 16.1. The van der Waals surface area contributed by atoms with Crippen LogP contribution in [0.15, 0.2) is 30.5 Å². The number of hydrogen-bond acceptors (Lipinski definition) is 4. The van der Waals surface area contributed by atoms with E-state index in [4.69, 9.17) is 11.6 Å². The van der Waals surface area contributed by atoms with E-state index in [1.807, 2.05) is 6.92 Å². The number of fused-ring (bicyclic) bond motifs is 1. The number of sulfonamides is 1. The molecule has 5 nitrogen and oxygen atoms in total. The Labute approximate surface area is 128 Å². The Morgan fingerprint density at radius 2 is 2.10 bits per heavy atom. The van der Waals surface area contributed by atoms with Crippen molar-refractivity contribution in [3.63, 3.8) is 0 Å². The first-order valence-electron chi connectivity index (χ1n) is 6.52. The third-order valence-electron chi connectivity index (χ3n) is 2.97. The predicted molar refractivity (Wildman–Crippen MR) is 82.9 cm³/mol. The zero-order valence-corrected chi connectivity index (χ0v) is 13.0. The van der Waals surface area contributed by atoms with Gasteiger partial charge in [0.1, 0.15) is 0 Å². The Morgan fingerprint density at radius 1 is 1.33 bits per heavy atom. The number of nitrogens with one attached hydrogen (secondary N) is 1. The van der Waals surface area contributed by atoms with E-state index in [2.05, 4.69) is 9.71 Å². The fourth-order valence-corrected chi connectivity index (χ4v) is 3.23. The van der Waals surface area contributed by atoms with Crippen LogP contribution < -0.4 is 4.72 Å². The lowest BCUT2D eigenvalue weighted by Gasteiger charge is -2.07. The zero-order valence-electron chi connectivity index (χ0n) is 11.5. The molecule has 1 aromatic heterocycles. The van der Waals surface area contributed by atoms with E-state index in [1.54, 1.807) is 12.1 Å². The molecule has 0 bridgehead atoms. The standard InChI is InChI=1S/C14H15ClN2O3S/c1-2-3-8-21(19,20)17-14(18)10-4-5-11-12(15)6-7-16-13(11)9-10/h4-7,9H,2-3,8H2,1H3,(H,17,18). The lowest BCUT2D eigenvalue weighted by atomic mass is 10.1. The monoisotopic (exact) mass is 326 g/mol. The van der Waals surface area contributed by atoms with Gasteiger partial charge in [0.25, 0.3) is 5.91 Å². The van der Waals surface area contributed by atoms with Gasteiger partial charge in [0.15, 0.2) is 0 Å². The number of aromatic nitrogens is 1. The summed E-state index contributed by atoms with van der Waals surface area (Å²) in [6.07, 6.45) is 2.79. The van der Waals surface area contributed by atoms with Gasteiger partial charge in [0, 0.05) is 17.1 Å². The summed E-state index contributed by atoms with van der Waals surface area (Å²) in [7, 11) is -3.60. The molecule has 0 saturated carbocycles. The highest BCUT2D eigenvalue weighted by Crippen LogP contribution is 2.22. The maximum absolute atomic E-state index is 12.0. The maximum atomic E-state index is 12.0. The highest BCUT2D eigenvalue weighted by atomic mass is 35.5. The van der Waals surface area contributed by atoms with Gasteiger partial charge in [0.05, 0.1) is 16.3 Å². The largest absolute Gasteiger partial charge is 0.268 e. The summed E-state index contributed by atoms with van der Waals surface area (Å²) in [6, 6.07) is 6.35. The third-order valence-corrected chi connectivity index (χ3v) is 4.62. The molecular weight excluding hydrogens is 312 g/mol. The van der Waals surface area contributed by atoms with Gasteiger partial charge in [-0.3, -0.25) is 9.78 Å². The molecule has 0 spiro atoms. The number of benzene rings is 1. The molecule has 1 amide bonds. The van der Waals surface area contributed by atoms with Crippen molar-refractivity contribution in [2.24, 2.45) is 0 Å². The molecule has 0 aliphatic carbocycles. The lowest BCUT2D eigenvalue weighted by Crippen LogP contribution is -2.32. The molecule has 0 radical (unpaired) electrons. The molecule has 21 heavy (non-hydrogen) atoms. The summed E-state index contributed by atoms with van der Waals surface area (Å²) in [5.41, 5.74) is 0.776. The van der Waals surface area contributed by atoms with E-state index < -0.39 is 15.9 Å². The molecule has 1 aromatic carbocycles. The van der Waals surface area contributed by atoms with Gasteiger partial charge in [-0.05, 0) is 24.6 Å². The summed E-state index contributed by atoms with van der Waals surface area (Å²) < 4.78 is 25.5. The SMILES string of the molecule is CCCCS(=O)(=O)NC(=O)c1ccc2c(Cl)ccnc2c1. The van der Waals surface area contributed by atoms with Gasteiger partial charge in [0.2, 0.25) is 10.0 Å². The summed E-state index contributed by atoms with van der Waals surface area (Å²) in [6.45, 7) is 1.89. The second kappa shape index (κ2) is 6.41. The number of rotatable bonds is 5. The average Bonchev–Trinajstić information content (AvgIpc) is 2.44. The van der Waals surface area contributed by atoms with E-state index in [-0.39, 0.29) is 11.3 Å². The van der Waals surface area contributed by atoms with E-state index in [0.717, 1.165) is 6.42 Å². The van der Waals surface area contributed by atoms with Crippen molar-refractivity contribution in [2.45, 2.75) is 19.8 Å². The molecule has 0 fully saturated rings. The second-order valence-electron chi connectivity index (χ2n) is 4.63. The first-order valence-corrected chi connectivity index (χ1v) is 8.55. The fraction of sp³-hybridized carbons (Fsp3) is 0.286. The number of pyridine rings is 1. The van der Waals surface area contributed by atoms with Crippen LogP contribution in [0.1, 0.15) is 30.1 Å². The minimum absolute atomic E-state index is 0.0626. The van der Waals surface area contributed by atoms with Crippen molar-refractivity contribution in [3.8, 4) is 0 Å². The number of hydrogen-bond donors (Lipinski definition) is 1. The molecule has 2 rings (SSSR count). The highest BCUT2D eigenvalue weighted by Gasteiger charge is 2.16. The van der Waals surface area contributed by atoms with Gasteiger partial charge >= 0.3 is 0 Å². The summed E-state index contributed by atoms with van der Waals surface area (Å²) >= 11 is 6.02. The Morgan fingerprint density at radius 3 is 2.81 bits per heavy atom. The second-order valence-corrected chi connectivity index (χ2v) is 6.88. The van der Waals surface area contributed by atoms with Crippen molar-refractivity contribution in [1.29, 1.82) is 0 Å². The van der Waals surface area contributed by atoms with Crippen LogP contribution in [0.3, 0.4) is 0 Å². The molecule has 0 aliphatic rings. The highest BCUT2D eigenvalue weighted by molar-refractivity contribution is 7.90. The van der Waals surface area contributed by atoms with Gasteiger partial charge < -0.3 is 0 Å². The topological polar surface area (TPSA) is 76.1 Å². The van der Waals surface area contributed by atoms with Crippen LogP contribution >= 0.6 is 11.6 Å². The minimum atomic E-state index is -3.60. The Bertz CT molecular complexity index is 775. The lowest BCUT2D eigenvalue weighted by molar-refractivity contribution is 0.0981. The van der Waals surface area contributed by atoms with Crippen LogP contribution in [0.2, 0.25) is 5.02 Å². The molecule has 0 aliphatic heterocycles. The fourth-order valence-electron chi connectivity index (χ4n) is 1.84. The van der Waals surface area contributed by atoms with Crippen LogP contribution in [0.5, 0.6) is 0 Å². The first kappa shape index (κ1) is 15.7. The van der Waals surface area contributed by atoms with Gasteiger partial charge in [-0.25, -0.2) is 13.1 Å². The number of nitrogens with zero attached hydrogens (tertiary/aromatic N) is 1. The van der Waals surface area contributed by atoms with Crippen molar-refractivity contribution in [1.82, 2.24) is 9.71 Å². The van der Waals surface area contributed by atoms with Crippen LogP contribution in [-0.2, 0) is 10.0 Å². The molecule has 112 valence electrons. The molecule has 0 atom stereocenters. The molecule has 0 unspecified atom stereocenters. The maximum Gasteiger partial charge on any atom is 0.264 e. The zero-order chi connectivity index (χ0) is 15.5. The minimum Gasteiger partial charge on any atom is -0.268 e. The van der Waals surface area contributed by atoms with E-state index in [9.17, 15) is 13.2 Å². The number of halogens is 1. The molecule has 7 heteroatoms. The smallest absolute Gasteiger partial charge is 0.264 e. The van der Waals surface area contributed by atoms with Gasteiger partial charge in [-0.15, -0.1) is 0 Å². The van der Waals surface area contributed by atoms with E-state index >= 15 is 0 Å².